The molecule has 0 aliphatic rings. The fraction of sp³-hybridized carbons (Fsp3) is 0.278. The van der Waals surface area contributed by atoms with Crippen LogP contribution in [0.4, 0.5) is 0 Å². The number of benzene rings is 2. The third-order valence-corrected chi connectivity index (χ3v) is 4.36. The smallest absolute Gasteiger partial charge is 0.315 e. The Balaban J connectivity index is 2.04. The minimum atomic E-state index is -3.04. The zero-order valence-electron chi connectivity index (χ0n) is 13.7. The van der Waals surface area contributed by atoms with Gasteiger partial charge in [-0.15, -0.1) is 0 Å². The predicted octanol–water partition coefficient (Wildman–Crippen LogP) is 2.43. The van der Waals surface area contributed by atoms with Gasteiger partial charge in [-0.05, 0) is 35.7 Å². The van der Waals surface area contributed by atoms with Crippen LogP contribution in [-0.2, 0) is 27.5 Å². The summed E-state index contributed by atoms with van der Waals surface area (Å²) in [5, 5.41) is 0. The van der Waals surface area contributed by atoms with Crippen LogP contribution >= 0.6 is 0 Å². The summed E-state index contributed by atoms with van der Waals surface area (Å²) in [6, 6.07) is 14.2. The van der Waals surface area contributed by atoms with Crippen LogP contribution in [0.15, 0.2) is 48.5 Å². The molecule has 0 N–H and O–H groups in total. The average Bonchev–Trinajstić information content (AvgIpc) is 2.53. The van der Waals surface area contributed by atoms with E-state index in [0.29, 0.717) is 17.9 Å². The van der Waals surface area contributed by atoms with Gasteiger partial charge in [0.25, 0.3) is 0 Å². The molecule has 0 amide bonds. The van der Waals surface area contributed by atoms with Gasteiger partial charge in [-0.25, -0.2) is 8.42 Å². The van der Waals surface area contributed by atoms with Crippen LogP contribution in [0, 0.1) is 0 Å². The first kappa shape index (κ1) is 18.0. The molecule has 0 bridgehead atoms. The van der Waals surface area contributed by atoms with Crippen LogP contribution in [0.1, 0.15) is 11.1 Å². The molecule has 0 aromatic heterocycles. The van der Waals surface area contributed by atoms with Gasteiger partial charge in [0.05, 0.1) is 19.3 Å². The minimum Gasteiger partial charge on any atom is -0.496 e. The maximum absolute atomic E-state index is 12.0. The van der Waals surface area contributed by atoms with Crippen LogP contribution < -0.4 is 9.47 Å². The molecule has 6 heteroatoms. The van der Waals surface area contributed by atoms with E-state index in [1.54, 1.807) is 42.5 Å². The Bertz CT molecular complexity index is 797. The molecular weight excluding hydrogens is 328 g/mol. The van der Waals surface area contributed by atoms with E-state index in [4.69, 9.17) is 9.47 Å². The van der Waals surface area contributed by atoms with Gasteiger partial charge in [-0.3, -0.25) is 4.79 Å². The molecule has 0 aliphatic carbocycles. The molecule has 0 fully saturated rings. The Morgan fingerprint density at radius 3 is 2.42 bits per heavy atom. The second-order valence-electron chi connectivity index (χ2n) is 5.49. The average molecular weight is 348 g/mol. The molecule has 128 valence electrons. The lowest BCUT2D eigenvalue weighted by atomic mass is 10.1. The summed E-state index contributed by atoms with van der Waals surface area (Å²) in [5.74, 6) is 0.758. The lowest BCUT2D eigenvalue weighted by molar-refractivity contribution is -0.133. The molecule has 2 aromatic carbocycles. The van der Waals surface area contributed by atoms with Gasteiger partial charge in [0.2, 0.25) is 0 Å². The largest absolute Gasteiger partial charge is 0.496 e. The number of hydrogen-bond donors (Lipinski definition) is 0. The highest BCUT2D eigenvalue weighted by molar-refractivity contribution is 7.90. The predicted molar refractivity (Wildman–Crippen MR) is 92.2 cm³/mol. The van der Waals surface area contributed by atoms with Crippen molar-refractivity contribution in [3.63, 3.8) is 0 Å². The lowest BCUT2D eigenvalue weighted by Gasteiger charge is -2.10. The topological polar surface area (TPSA) is 69.7 Å². The van der Waals surface area contributed by atoms with Crippen molar-refractivity contribution in [2.45, 2.75) is 12.8 Å². The number of ether oxygens (including phenoxy) is 2. The third-order valence-electron chi connectivity index (χ3n) is 3.42. The summed E-state index contributed by atoms with van der Waals surface area (Å²) in [5.41, 5.74) is 1.54. The Hall–Kier alpha value is -2.34. The summed E-state index contributed by atoms with van der Waals surface area (Å²) in [4.78, 5) is 12.0. The van der Waals surface area contributed by atoms with Gasteiger partial charge < -0.3 is 9.47 Å². The molecule has 0 spiro atoms. The second kappa shape index (κ2) is 7.97. The molecule has 0 radical (unpaired) electrons. The Morgan fingerprint density at radius 2 is 1.79 bits per heavy atom. The number of methoxy groups -OCH3 is 1. The van der Waals surface area contributed by atoms with Crippen molar-refractivity contribution >= 4 is 15.8 Å². The molecule has 24 heavy (non-hydrogen) atoms. The van der Waals surface area contributed by atoms with E-state index < -0.39 is 9.84 Å². The highest BCUT2D eigenvalue weighted by atomic mass is 32.2. The highest BCUT2D eigenvalue weighted by Gasteiger charge is 2.11. The summed E-state index contributed by atoms with van der Waals surface area (Å²) < 4.78 is 33.1. The van der Waals surface area contributed by atoms with Gasteiger partial charge in [-0.1, -0.05) is 30.3 Å². The molecule has 2 rings (SSSR count). The van der Waals surface area contributed by atoms with Crippen LogP contribution in [0.3, 0.4) is 0 Å². The SMILES string of the molecule is COc1cc(CC(=O)Oc2ccccc2)ccc1CCS(C)(=O)=O. The first-order chi connectivity index (χ1) is 11.4. The third kappa shape index (κ3) is 5.70. The Kier molecular flexibility index (Phi) is 5.98. The number of aryl methyl sites for hydroxylation is 1. The van der Waals surface area contributed by atoms with Crippen molar-refractivity contribution in [3.05, 3.63) is 59.7 Å². The normalized spacial score (nSPS) is 11.1. The molecule has 0 heterocycles. The maximum Gasteiger partial charge on any atom is 0.315 e. The van der Waals surface area contributed by atoms with Crippen LogP contribution in [0.2, 0.25) is 0 Å². The molecule has 0 unspecified atom stereocenters. The van der Waals surface area contributed by atoms with E-state index in [0.717, 1.165) is 11.1 Å². The van der Waals surface area contributed by atoms with Gasteiger partial charge in [0.1, 0.15) is 21.3 Å². The van der Waals surface area contributed by atoms with Gasteiger partial charge in [-0.2, -0.15) is 0 Å². The minimum absolute atomic E-state index is 0.0543. The maximum atomic E-state index is 12.0. The zero-order valence-corrected chi connectivity index (χ0v) is 14.5. The second-order valence-corrected chi connectivity index (χ2v) is 7.75. The van der Waals surface area contributed by atoms with E-state index in [-0.39, 0.29) is 18.1 Å². The van der Waals surface area contributed by atoms with Gasteiger partial charge >= 0.3 is 5.97 Å². The first-order valence-corrected chi connectivity index (χ1v) is 9.52. The van der Waals surface area contributed by atoms with Gasteiger partial charge in [0.15, 0.2) is 0 Å². The molecule has 0 atom stereocenters. The Morgan fingerprint density at radius 1 is 1.08 bits per heavy atom. The van der Waals surface area contributed by atoms with Crippen LogP contribution in [-0.4, -0.2) is 33.5 Å². The summed E-state index contributed by atoms with van der Waals surface area (Å²) >= 11 is 0. The van der Waals surface area contributed by atoms with Crippen molar-refractivity contribution in [1.29, 1.82) is 0 Å². The first-order valence-electron chi connectivity index (χ1n) is 7.46. The summed E-state index contributed by atoms with van der Waals surface area (Å²) in [7, 11) is -1.52. The summed E-state index contributed by atoms with van der Waals surface area (Å²) in [6.07, 6.45) is 1.68. The molecule has 0 saturated carbocycles. The van der Waals surface area contributed by atoms with Crippen LogP contribution in [0.25, 0.3) is 0 Å². The lowest BCUT2D eigenvalue weighted by Crippen LogP contribution is -2.12. The van der Waals surface area contributed by atoms with Gasteiger partial charge in [0, 0.05) is 6.26 Å². The number of sulfone groups is 1. The van der Waals surface area contributed by atoms with E-state index in [2.05, 4.69) is 0 Å². The van der Waals surface area contributed by atoms with Crippen molar-refractivity contribution in [1.82, 2.24) is 0 Å². The molecule has 2 aromatic rings. The monoisotopic (exact) mass is 348 g/mol. The fourth-order valence-corrected chi connectivity index (χ4v) is 2.81. The zero-order chi connectivity index (χ0) is 17.6. The number of rotatable bonds is 7. The van der Waals surface area contributed by atoms with Crippen molar-refractivity contribution in [2.24, 2.45) is 0 Å². The highest BCUT2D eigenvalue weighted by Crippen LogP contribution is 2.22. The number of para-hydroxylation sites is 1. The van der Waals surface area contributed by atoms with E-state index in [1.165, 1.54) is 13.4 Å². The number of carbonyl (C=O) groups is 1. The summed E-state index contributed by atoms with van der Waals surface area (Å²) in [6.45, 7) is 0. The molecular formula is C18H20O5S. The molecule has 5 nitrogen and oxygen atoms in total. The van der Waals surface area contributed by atoms with Crippen LogP contribution in [0.5, 0.6) is 11.5 Å². The number of esters is 1. The number of carbonyl (C=O) groups excluding carboxylic acids is 1. The Labute approximate surface area is 142 Å². The van der Waals surface area contributed by atoms with Crippen molar-refractivity contribution in [3.8, 4) is 11.5 Å². The van der Waals surface area contributed by atoms with E-state index >= 15 is 0 Å². The molecule has 0 aliphatic heterocycles. The number of hydrogen-bond acceptors (Lipinski definition) is 5. The van der Waals surface area contributed by atoms with E-state index in [9.17, 15) is 13.2 Å². The quantitative estimate of drug-likeness (QED) is 0.568. The van der Waals surface area contributed by atoms with Crippen molar-refractivity contribution < 1.29 is 22.7 Å². The molecule has 0 saturated heterocycles. The van der Waals surface area contributed by atoms with E-state index in [1.807, 2.05) is 6.07 Å². The standard InChI is InChI=1S/C18H20O5S/c1-22-17-12-14(8-9-15(17)10-11-24(2,20)21)13-18(19)23-16-6-4-3-5-7-16/h3-9,12H,10-11,13H2,1-2H3. The fourth-order valence-electron chi connectivity index (χ4n) is 2.22. The van der Waals surface area contributed by atoms with Crippen molar-refractivity contribution in [2.75, 3.05) is 19.1 Å².